The van der Waals surface area contributed by atoms with Crippen molar-refractivity contribution in [1.82, 2.24) is 0 Å². The van der Waals surface area contributed by atoms with Crippen molar-refractivity contribution in [2.75, 3.05) is 0 Å². The van der Waals surface area contributed by atoms with Crippen LogP contribution >= 0.6 is 0 Å². The SMILES string of the molecule is C=C(C)C(CC=C(C)C)CC(C)C(=O)O. The zero-order valence-corrected chi connectivity index (χ0v) is 10.2. The van der Waals surface area contributed by atoms with Gasteiger partial charge in [0.2, 0.25) is 0 Å². The van der Waals surface area contributed by atoms with Crippen LogP contribution in [0.1, 0.15) is 40.5 Å². The van der Waals surface area contributed by atoms with Crippen LogP contribution in [0.15, 0.2) is 23.8 Å². The minimum atomic E-state index is -0.724. The minimum absolute atomic E-state index is 0.283. The van der Waals surface area contributed by atoms with Gasteiger partial charge < -0.3 is 5.11 Å². The normalized spacial score (nSPS) is 14.1. The van der Waals surface area contributed by atoms with Gasteiger partial charge in [0.25, 0.3) is 0 Å². The largest absolute Gasteiger partial charge is 0.481 e. The number of hydrogen-bond donors (Lipinski definition) is 1. The third-order valence-corrected chi connectivity index (χ3v) is 2.57. The highest BCUT2D eigenvalue weighted by atomic mass is 16.4. The second kappa shape index (κ2) is 6.44. The summed E-state index contributed by atoms with van der Waals surface area (Å²) in [5.41, 5.74) is 2.34. The monoisotopic (exact) mass is 210 g/mol. The average Bonchev–Trinajstić information content (AvgIpc) is 2.10. The van der Waals surface area contributed by atoms with Crippen molar-refractivity contribution >= 4 is 5.97 Å². The van der Waals surface area contributed by atoms with Crippen LogP contribution in [0.25, 0.3) is 0 Å². The van der Waals surface area contributed by atoms with E-state index >= 15 is 0 Å². The lowest BCUT2D eigenvalue weighted by Crippen LogP contribution is -2.15. The number of allylic oxidation sites excluding steroid dienone is 3. The zero-order chi connectivity index (χ0) is 12.0. The molecule has 0 spiro atoms. The second-order valence-electron chi connectivity index (χ2n) is 4.54. The van der Waals surface area contributed by atoms with E-state index in [1.807, 2.05) is 6.92 Å². The second-order valence-corrected chi connectivity index (χ2v) is 4.54. The summed E-state index contributed by atoms with van der Waals surface area (Å²) < 4.78 is 0. The van der Waals surface area contributed by atoms with Gasteiger partial charge in [-0.1, -0.05) is 30.7 Å². The molecule has 0 saturated heterocycles. The summed E-state index contributed by atoms with van der Waals surface area (Å²) in [5, 5.41) is 8.84. The lowest BCUT2D eigenvalue weighted by atomic mass is 9.88. The van der Waals surface area contributed by atoms with Crippen molar-refractivity contribution in [2.24, 2.45) is 11.8 Å². The van der Waals surface area contributed by atoms with Crippen molar-refractivity contribution in [3.05, 3.63) is 23.8 Å². The van der Waals surface area contributed by atoms with Gasteiger partial charge in [0, 0.05) is 0 Å². The molecule has 0 radical (unpaired) electrons. The fraction of sp³-hybridized carbons (Fsp3) is 0.615. The van der Waals surface area contributed by atoms with E-state index in [0.29, 0.717) is 6.42 Å². The number of hydrogen-bond acceptors (Lipinski definition) is 1. The highest BCUT2D eigenvalue weighted by molar-refractivity contribution is 5.69. The van der Waals surface area contributed by atoms with Gasteiger partial charge >= 0.3 is 5.97 Å². The molecular weight excluding hydrogens is 188 g/mol. The summed E-state index contributed by atoms with van der Waals surface area (Å²) >= 11 is 0. The summed E-state index contributed by atoms with van der Waals surface area (Å²) in [7, 11) is 0. The molecule has 0 aromatic carbocycles. The van der Waals surface area contributed by atoms with E-state index in [4.69, 9.17) is 5.11 Å². The van der Waals surface area contributed by atoms with Crippen molar-refractivity contribution < 1.29 is 9.90 Å². The molecule has 0 aromatic rings. The first-order chi connectivity index (χ1) is 6.84. The molecule has 2 heteroatoms. The summed E-state index contributed by atoms with van der Waals surface area (Å²) in [5.74, 6) is -0.735. The smallest absolute Gasteiger partial charge is 0.306 e. The Labute approximate surface area is 92.7 Å². The van der Waals surface area contributed by atoms with Gasteiger partial charge in [-0.2, -0.15) is 0 Å². The number of rotatable bonds is 6. The van der Waals surface area contributed by atoms with E-state index in [-0.39, 0.29) is 11.8 Å². The van der Waals surface area contributed by atoms with Gasteiger partial charge in [0.15, 0.2) is 0 Å². The number of carboxylic acids is 1. The summed E-state index contributed by atoms with van der Waals surface area (Å²) in [6.45, 7) is 11.7. The van der Waals surface area contributed by atoms with E-state index in [1.165, 1.54) is 5.57 Å². The molecule has 0 aliphatic heterocycles. The maximum Gasteiger partial charge on any atom is 0.306 e. The first-order valence-corrected chi connectivity index (χ1v) is 5.36. The van der Waals surface area contributed by atoms with Crippen molar-refractivity contribution in [2.45, 2.75) is 40.5 Å². The number of carboxylic acid groups (broad SMARTS) is 1. The van der Waals surface area contributed by atoms with E-state index in [0.717, 1.165) is 12.0 Å². The third kappa shape index (κ3) is 6.10. The highest BCUT2D eigenvalue weighted by Crippen LogP contribution is 2.23. The van der Waals surface area contributed by atoms with Gasteiger partial charge in [-0.05, 0) is 39.5 Å². The summed E-state index contributed by atoms with van der Waals surface area (Å²) in [6.07, 6.45) is 3.72. The van der Waals surface area contributed by atoms with Crippen LogP contribution in [0.4, 0.5) is 0 Å². The minimum Gasteiger partial charge on any atom is -0.481 e. The summed E-state index contributed by atoms with van der Waals surface area (Å²) in [6, 6.07) is 0. The fourth-order valence-electron chi connectivity index (χ4n) is 1.40. The molecule has 0 heterocycles. The Balaban J connectivity index is 4.35. The Morgan fingerprint density at radius 3 is 2.27 bits per heavy atom. The molecule has 0 amide bonds. The number of carbonyl (C=O) groups is 1. The molecule has 0 fully saturated rings. The highest BCUT2D eigenvalue weighted by Gasteiger charge is 2.17. The Hall–Kier alpha value is -1.05. The Morgan fingerprint density at radius 2 is 1.93 bits per heavy atom. The first-order valence-electron chi connectivity index (χ1n) is 5.36. The molecular formula is C13H22O2. The molecule has 0 rings (SSSR count). The molecule has 0 aliphatic carbocycles. The average molecular weight is 210 g/mol. The van der Waals surface area contributed by atoms with Crippen molar-refractivity contribution in [1.29, 1.82) is 0 Å². The van der Waals surface area contributed by atoms with Gasteiger partial charge in [-0.15, -0.1) is 0 Å². The van der Waals surface area contributed by atoms with Crippen molar-refractivity contribution in [3.63, 3.8) is 0 Å². The Kier molecular flexibility index (Phi) is 5.99. The van der Waals surface area contributed by atoms with Crippen LogP contribution in [-0.4, -0.2) is 11.1 Å². The number of aliphatic carboxylic acids is 1. The van der Waals surface area contributed by atoms with Crippen LogP contribution in [0, 0.1) is 11.8 Å². The topological polar surface area (TPSA) is 37.3 Å². The molecule has 2 unspecified atom stereocenters. The summed E-state index contributed by atoms with van der Waals surface area (Å²) in [4.78, 5) is 10.8. The van der Waals surface area contributed by atoms with E-state index in [2.05, 4.69) is 26.5 Å². The van der Waals surface area contributed by atoms with Gasteiger partial charge in [-0.25, -0.2) is 0 Å². The maximum absolute atomic E-state index is 10.8. The van der Waals surface area contributed by atoms with E-state index in [9.17, 15) is 4.79 Å². The Bertz CT molecular complexity index is 260. The molecule has 2 atom stereocenters. The van der Waals surface area contributed by atoms with E-state index < -0.39 is 5.97 Å². The van der Waals surface area contributed by atoms with E-state index in [1.54, 1.807) is 6.92 Å². The fourth-order valence-corrected chi connectivity index (χ4v) is 1.40. The van der Waals surface area contributed by atoms with Crippen molar-refractivity contribution in [3.8, 4) is 0 Å². The molecule has 0 bridgehead atoms. The van der Waals surface area contributed by atoms with Crippen LogP contribution < -0.4 is 0 Å². The Morgan fingerprint density at radius 1 is 1.40 bits per heavy atom. The molecule has 1 N–H and O–H groups in total. The third-order valence-electron chi connectivity index (χ3n) is 2.57. The van der Waals surface area contributed by atoms with Crippen LogP contribution in [0.2, 0.25) is 0 Å². The van der Waals surface area contributed by atoms with Gasteiger partial charge in [-0.3, -0.25) is 4.79 Å². The molecule has 86 valence electrons. The lowest BCUT2D eigenvalue weighted by Gasteiger charge is -2.17. The van der Waals surface area contributed by atoms with Crippen LogP contribution in [0.5, 0.6) is 0 Å². The maximum atomic E-state index is 10.8. The lowest BCUT2D eigenvalue weighted by molar-refractivity contribution is -0.141. The molecule has 0 saturated carbocycles. The van der Waals surface area contributed by atoms with Crippen LogP contribution in [-0.2, 0) is 4.79 Å². The van der Waals surface area contributed by atoms with Gasteiger partial charge in [0.1, 0.15) is 0 Å². The van der Waals surface area contributed by atoms with Gasteiger partial charge in [0.05, 0.1) is 5.92 Å². The predicted octanol–water partition coefficient (Wildman–Crippen LogP) is 3.65. The first kappa shape index (κ1) is 13.9. The molecule has 15 heavy (non-hydrogen) atoms. The predicted molar refractivity (Wildman–Crippen MR) is 63.8 cm³/mol. The molecule has 0 aliphatic rings. The zero-order valence-electron chi connectivity index (χ0n) is 10.2. The molecule has 2 nitrogen and oxygen atoms in total. The standard InChI is InChI=1S/C13H22O2/c1-9(2)6-7-12(10(3)4)8-11(5)13(14)15/h6,11-12H,3,7-8H2,1-2,4-5H3,(H,14,15). The quantitative estimate of drug-likeness (QED) is 0.679. The van der Waals surface area contributed by atoms with Crippen LogP contribution in [0.3, 0.4) is 0 Å². The molecule has 0 aromatic heterocycles.